The summed E-state index contributed by atoms with van der Waals surface area (Å²) in [5.74, 6) is -0.332. The quantitative estimate of drug-likeness (QED) is 0.606. The predicted octanol–water partition coefficient (Wildman–Crippen LogP) is -1.37. The van der Waals surface area contributed by atoms with Gasteiger partial charge in [0.15, 0.2) is 0 Å². The van der Waals surface area contributed by atoms with E-state index in [2.05, 4.69) is 27.5 Å². The van der Waals surface area contributed by atoms with Crippen LogP contribution >= 0.6 is 0 Å². The molecule has 2 amide bonds. The van der Waals surface area contributed by atoms with Crippen molar-refractivity contribution in [2.24, 2.45) is 0 Å². The molecule has 0 aliphatic carbocycles. The molecule has 1 atom stereocenters. The summed E-state index contributed by atoms with van der Waals surface area (Å²) in [6.07, 6.45) is 1.06. The molecule has 6 nitrogen and oxygen atoms in total. The van der Waals surface area contributed by atoms with Crippen LogP contribution in [0.4, 0.5) is 0 Å². The fraction of sp³-hybridized carbons (Fsp3) is 0.833. The van der Waals surface area contributed by atoms with Gasteiger partial charge in [-0.25, -0.2) is 0 Å². The number of likely N-dealkylation sites (N-methyl/N-ethyl adjacent to an activating group) is 1. The van der Waals surface area contributed by atoms with Gasteiger partial charge in [-0.15, -0.1) is 0 Å². The van der Waals surface area contributed by atoms with Crippen molar-refractivity contribution >= 4 is 11.8 Å². The number of carbonyl (C=O) groups is 2. The predicted molar refractivity (Wildman–Crippen MR) is 68.1 cm³/mol. The maximum absolute atomic E-state index is 11.5. The second-order valence-electron chi connectivity index (χ2n) is 5.10. The maximum atomic E-state index is 11.5. The lowest BCUT2D eigenvalue weighted by atomic mass is 10.1. The first-order valence-corrected chi connectivity index (χ1v) is 6.63. The summed E-state index contributed by atoms with van der Waals surface area (Å²) in [5.41, 5.74) is 0. The number of amides is 2. The van der Waals surface area contributed by atoms with E-state index in [9.17, 15) is 9.59 Å². The van der Waals surface area contributed by atoms with Gasteiger partial charge in [-0.3, -0.25) is 19.8 Å². The van der Waals surface area contributed by atoms with E-state index in [1.54, 1.807) is 0 Å². The zero-order valence-electron chi connectivity index (χ0n) is 10.9. The molecule has 6 heteroatoms. The Morgan fingerprint density at radius 1 is 1.28 bits per heavy atom. The minimum absolute atomic E-state index is 0.155. The van der Waals surface area contributed by atoms with Gasteiger partial charge in [0.1, 0.15) is 0 Å². The third kappa shape index (κ3) is 3.76. The number of hydrogen-bond donors (Lipinski definition) is 2. The van der Waals surface area contributed by atoms with Gasteiger partial charge < -0.3 is 10.2 Å². The Morgan fingerprint density at radius 3 is 2.67 bits per heavy atom. The van der Waals surface area contributed by atoms with Crippen LogP contribution in [0, 0.1) is 0 Å². The summed E-state index contributed by atoms with van der Waals surface area (Å²) in [6, 6.07) is -0.199. The summed E-state index contributed by atoms with van der Waals surface area (Å²) < 4.78 is 0. The Labute approximate surface area is 108 Å². The topological polar surface area (TPSA) is 64.7 Å². The minimum atomic E-state index is -0.199. The van der Waals surface area contributed by atoms with Crippen molar-refractivity contribution in [2.75, 3.05) is 46.3 Å². The van der Waals surface area contributed by atoms with Gasteiger partial charge >= 0.3 is 0 Å². The molecule has 0 aromatic rings. The normalized spacial score (nSPS) is 27.3. The molecule has 2 heterocycles. The highest BCUT2D eigenvalue weighted by Gasteiger charge is 2.25. The standard InChI is InChI=1S/C12H22N4O2/c1-15-6-8-16(9-7-15)5-4-13-10-2-3-11(17)14-12(10)18/h10,13H,2-9H2,1H3,(H,14,17,18). The molecule has 1 unspecified atom stereocenters. The van der Waals surface area contributed by atoms with Crippen LogP contribution in [0.15, 0.2) is 0 Å². The zero-order valence-corrected chi connectivity index (χ0v) is 10.9. The fourth-order valence-corrected chi connectivity index (χ4v) is 2.36. The lowest BCUT2D eigenvalue weighted by Gasteiger charge is -2.32. The van der Waals surface area contributed by atoms with Crippen molar-refractivity contribution in [1.82, 2.24) is 20.4 Å². The van der Waals surface area contributed by atoms with Gasteiger partial charge in [0.2, 0.25) is 11.8 Å². The Morgan fingerprint density at radius 2 is 2.00 bits per heavy atom. The minimum Gasteiger partial charge on any atom is -0.305 e. The van der Waals surface area contributed by atoms with E-state index < -0.39 is 0 Å². The van der Waals surface area contributed by atoms with Crippen LogP contribution in [0.25, 0.3) is 0 Å². The molecule has 0 aromatic heterocycles. The van der Waals surface area contributed by atoms with Gasteiger partial charge in [-0.05, 0) is 13.5 Å². The summed E-state index contributed by atoms with van der Waals surface area (Å²) in [6.45, 7) is 6.17. The smallest absolute Gasteiger partial charge is 0.243 e. The number of nitrogens with zero attached hydrogens (tertiary/aromatic N) is 2. The first-order valence-electron chi connectivity index (χ1n) is 6.63. The zero-order chi connectivity index (χ0) is 13.0. The number of piperazine rings is 1. The van der Waals surface area contributed by atoms with E-state index in [1.165, 1.54) is 0 Å². The average Bonchev–Trinajstić information content (AvgIpc) is 2.34. The molecule has 18 heavy (non-hydrogen) atoms. The molecule has 0 saturated carbocycles. The summed E-state index contributed by atoms with van der Waals surface area (Å²) in [4.78, 5) is 27.2. The number of carbonyl (C=O) groups excluding carboxylic acids is 2. The van der Waals surface area contributed by atoms with Gasteiger partial charge in [-0.2, -0.15) is 0 Å². The summed E-state index contributed by atoms with van der Waals surface area (Å²) in [5, 5.41) is 5.59. The molecule has 0 spiro atoms. The van der Waals surface area contributed by atoms with Crippen molar-refractivity contribution in [1.29, 1.82) is 0 Å². The Kier molecular flexibility index (Phi) is 4.68. The van der Waals surface area contributed by atoms with Crippen molar-refractivity contribution in [2.45, 2.75) is 18.9 Å². The van der Waals surface area contributed by atoms with E-state index in [4.69, 9.17) is 0 Å². The Hall–Kier alpha value is -0.980. The van der Waals surface area contributed by atoms with Gasteiger partial charge in [-0.1, -0.05) is 0 Å². The van der Waals surface area contributed by atoms with Crippen molar-refractivity contribution in [3.05, 3.63) is 0 Å². The van der Waals surface area contributed by atoms with Crippen molar-refractivity contribution in [3.63, 3.8) is 0 Å². The number of rotatable bonds is 4. The highest BCUT2D eigenvalue weighted by atomic mass is 16.2. The van der Waals surface area contributed by atoms with Gasteiger partial charge in [0.05, 0.1) is 6.04 Å². The molecule has 2 aliphatic heterocycles. The Balaban J connectivity index is 1.63. The van der Waals surface area contributed by atoms with E-state index >= 15 is 0 Å². The number of nitrogens with one attached hydrogen (secondary N) is 2. The third-order valence-corrected chi connectivity index (χ3v) is 3.65. The first kappa shape index (κ1) is 13.5. The molecule has 2 N–H and O–H groups in total. The molecule has 0 aromatic carbocycles. The number of hydrogen-bond acceptors (Lipinski definition) is 5. The summed E-state index contributed by atoms with van der Waals surface area (Å²) >= 11 is 0. The van der Waals surface area contributed by atoms with Gasteiger partial charge in [0, 0.05) is 45.7 Å². The molecule has 2 aliphatic rings. The van der Waals surface area contributed by atoms with Crippen LogP contribution < -0.4 is 10.6 Å². The lowest BCUT2D eigenvalue weighted by molar-refractivity contribution is -0.134. The third-order valence-electron chi connectivity index (χ3n) is 3.65. The summed E-state index contributed by atoms with van der Waals surface area (Å²) in [7, 11) is 2.14. The first-order chi connectivity index (χ1) is 8.65. The monoisotopic (exact) mass is 254 g/mol. The lowest BCUT2D eigenvalue weighted by Crippen LogP contribution is -2.53. The second-order valence-corrected chi connectivity index (χ2v) is 5.10. The van der Waals surface area contributed by atoms with Gasteiger partial charge in [0.25, 0.3) is 0 Å². The Bertz CT molecular complexity index is 313. The maximum Gasteiger partial charge on any atom is 0.243 e. The SMILES string of the molecule is CN1CCN(CCNC2CCC(=O)NC2=O)CC1. The van der Waals surface area contributed by atoms with E-state index in [1.807, 2.05) is 0 Å². The molecule has 0 bridgehead atoms. The molecule has 2 fully saturated rings. The molecule has 0 radical (unpaired) electrons. The van der Waals surface area contributed by atoms with E-state index in [-0.39, 0.29) is 17.9 Å². The molecule has 102 valence electrons. The molecule has 2 saturated heterocycles. The highest BCUT2D eigenvalue weighted by molar-refractivity contribution is 6.00. The number of piperidine rings is 1. The van der Waals surface area contributed by atoms with Crippen molar-refractivity contribution < 1.29 is 9.59 Å². The molecule has 2 rings (SSSR count). The average molecular weight is 254 g/mol. The molecular formula is C12H22N4O2. The van der Waals surface area contributed by atoms with Crippen LogP contribution in [-0.2, 0) is 9.59 Å². The largest absolute Gasteiger partial charge is 0.305 e. The highest BCUT2D eigenvalue weighted by Crippen LogP contribution is 2.04. The van der Waals surface area contributed by atoms with Crippen LogP contribution in [0.5, 0.6) is 0 Å². The van der Waals surface area contributed by atoms with E-state index in [0.29, 0.717) is 12.8 Å². The van der Waals surface area contributed by atoms with Crippen LogP contribution in [-0.4, -0.2) is 74.0 Å². The van der Waals surface area contributed by atoms with Crippen LogP contribution in [0.2, 0.25) is 0 Å². The van der Waals surface area contributed by atoms with Crippen molar-refractivity contribution in [3.8, 4) is 0 Å². The second kappa shape index (κ2) is 6.26. The molecular weight excluding hydrogens is 232 g/mol. The number of imide groups is 1. The van der Waals surface area contributed by atoms with E-state index in [0.717, 1.165) is 39.3 Å². The van der Waals surface area contributed by atoms with Crippen LogP contribution in [0.1, 0.15) is 12.8 Å². The van der Waals surface area contributed by atoms with Crippen LogP contribution in [0.3, 0.4) is 0 Å². The fourth-order valence-electron chi connectivity index (χ4n) is 2.36.